The van der Waals surface area contributed by atoms with Crippen molar-refractivity contribution >= 4 is 8.32 Å². The van der Waals surface area contributed by atoms with E-state index in [0.717, 1.165) is 16.9 Å². The van der Waals surface area contributed by atoms with Gasteiger partial charge in [-0.25, -0.2) is 0 Å². The molecule has 2 aromatic rings. The fourth-order valence-electron chi connectivity index (χ4n) is 2.35. The number of ether oxygens (including phenoxy) is 2. The lowest BCUT2D eigenvalue weighted by atomic mass is 10.0. The van der Waals surface area contributed by atoms with Crippen LogP contribution in [-0.4, -0.2) is 27.6 Å². The molecule has 0 spiro atoms. The van der Waals surface area contributed by atoms with E-state index in [0.29, 0.717) is 11.5 Å². The van der Waals surface area contributed by atoms with Gasteiger partial charge in [-0.2, -0.15) is 0 Å². The standard InChI is InChI=1S/C21H30O4Si/c1-21(2,3)26(6,7)25-17-10-8-15(9-11-17)20(22)16-12-18(23-4)14-19(13-16)24-5/h8-14,20,22H,1-7H3. The van der Waals surface area contributed by atoms with E-state index in [1.54, 1.807) is 20.3 Å². The summed E-state index contributed by atoms with van der Waals surface area (Å²) in [6, 6.07) is 13.1. The molecule has 0 amide bonds. The largest absolute Gasteiger partial charge is 0.544 e. The molecule has 0 aliphatic carbocycles. The lowest BCUT2D eigenvalue weighted by Crippen LogP contribution is -2.43. The molecule has 2 rings (SSSR count). The third-order valence-electron chi connectivity index (χ3n) is 5.06. The van der Waals surface area contributed by atoms with E-state index in [1.165, 1.54) is 0 Å². The van der Waals surface area contributed by atoms with Gasteiger partial charge >= 0.3 is 0 Å². The summed E-state index contributed by atoms with van der Waals surface area (Å²) in [6.07, 6.45) is -0.763. The van der Waals surface area contributed by atoms with Gasteiger partial charge in [0.15, 0.2) is 0 Å². The van der Waals surface area contributed by atoms with Crippen LogP contribution in [-0.2, 0) is 0 Å². The van der Waals surface area contributed by atoms with Gasteiger partial charge in [0.2, 0.25) is 8.32 Å². The number of hydrogen-bond donors (Lipinski definition) is 1. The van der Waals surface area contributed by atoms with Crippen LogP contribution < -0.4 is 13.9 Å². The number of benzene rings is 2. The van der Waals surface area contributed by atoms with E-state index in [1.807, 2.05) is 36.4 Å². The minimum absolute atomic E-state index is 0.141. The SMILES string of the molecule is COc1cc(OC)cc(C(O)c2ccc(O[Si](C)(C)C(C)(C)C)cc2)c1. The van der Waals surface area contributed by atoms with Gasteiger partial charge in [0, 0.05) is 6.07 Å². The average Bonchev–Trinajstić information content (AvgIpc) is 2.60. The van der Waals surface area contributed by atoms with Gasteiger partial charge in [-0.05, 0) is 53.5 Å². The van der Waals surface area contributed by atoms with Crippen LogP contribution in [0, 0.1) is 0 Å². The quantitative estimate of drug-likeness (QED) is 0.709. The normalized spacial score (nSPS) is 13.2. The van der Waals surface area contributed by atoms with E-state index in [9.17, 15) is 5.11 Å². The number of aliphatic hydroxyl groups excluding tert-OH is 1. The fourth-order valence-corrected chi connectivity index (χ4v) is 3.38. The number of aliphatic hydroxyl groups is 1. The zero-order chi connectivity index (χ0) is 19.5. The Balaban J connectivity index is 2.23. The van der Waals surface area contributed by atoms with E-state index in [4.69, 9.17) is 13.9 Å². The smallest absolute Gasteiger partial charge is 0.250 e. The monoisotopic (exact) mass is 374 g/mol. The van der Waals surface area contributed by atoms with Gasteiger partial charge in [0.05, 0.1) is 14.2 Å². The molecule has 4 nitrogen and oxygen atoms in total. The molecule has 0 bridgehead atoms. The third-order valence-corrected chi connectivity index (χ3v) is 9.42. The highest BCUT2D eigenvalue weighted by atomic mass is 28.4. The van der Waals surface area contributed by atoms with Crippen LogP contribution in [0.1, 0.15) is 38.0 Å². The molecular weight excluding hydrogens is 344 g/mol. The van der Waals surface area contributed by atoms with Crippen molar-refractivity contribution in [3.05, 3.63) is 53.6 Å². The van der Waals surface area contributed by atoms with Crippen LogP contribution in [0.5, 0.6) is 17.2 Å². The van der Waals surface area contributed by atoms with Crippen LogP contribution in [0.4, 0.5) is 0 Å². The molecule has 5 heteroatoms. The first-order valence-electron chi connectivity index (χ1n) is 8.77. The van der Waals surface area contributed by atoms with Crippen molar-refractivity contribution in [1.82, 2.24) is 0 Å². The van der Waals surface area contributed by atoms with Crippen LogP contribution in [0.2, 0.25) is 18.1 Å². The third kappa shape index (κ3) is 4.59. The minimum Gasteiger partial charge on any atom is -0.544 e. The molecule has 26 heavy (non-hydrogen) atoms. The molecule has 0 heterocycles. The lowest BCUT2D eigenvalue weighted by molar-refractivity contribution is 0.219. The Morgan fingerprint density at radius 2 is 1.31 bits per heavy atom. The fraction of sp³-hybridized carbons (Fsp3) is 0.429. The van der Waals surface area contributed by atoms with Crippen molar-refractivity contribution in [2.45, 2.75) is 45.0 Å². The van der Waals surface area contributed by atoms with Crippen molar-refractivity contribution < 1.29 is 19.0 Å². The van der Waals surface area contributed by atoms with Crippen molar-refractivity contribution in [1.29, 1.82) is 0 Å². The van der Waals surface area contributed by atoms with Gasteiger partial charge in [-0.15, -0.1) is 0 Å². The molecule has 0 aromatic heterocycles. The molecule has 1 unspecified atom stereocenters. The molecule has 0 aliphatic rings. The number of rotatable bonds is 6. The average molecular weight is 375 g/mol. The maximum atomic E-state index is 10.7. The van der Waals surface area contributed by atoms with Gasteiger partial charge in [0.25, 0.3) is 0 Å². The molecule has 1 N–H and O–H groups in total. The molecule has 1 atom stereocenters. The van der Waals surface area contributed by atoms with Crippen LogP contribution >= 0.6 is 0 Å². The first kappa shape index (κ1) is 20.3. The maximum absolute atomic E-state index is 10.7. The molecule has 2 aromatic carbocycles. The summed E-state index contributed by atoms with van der Waals surface area (Å²) in [6.45, 7) is 11.1. The minimum atomic E-state index is -1.87. The predicted molar refractivity (Wildman–Crippen MR) is 108 cm³/mol. The summed E-state index contributed by atoms with van der Waals surface area (Å²) >= 11 is 0. The Morgan fingerprint density at radius 1 is 0.808 bits per heavy atom. The predicted octanol–water partition coefficient (Wildman–Crippen LogP) is 5.17. The Hall–Kier alpha value is -1.98. The Labute approximate surface area is 157 Å². The van der Waals surface area contributed by atoms with Gasteiger partial charge in [-0.3, -0.25) is 0 Å². The number of hydrogen-bond acceptors (Lipinski definition) is 4. The summed E-state index contributed by atoms with van der Waals surface area (Å²) in [5.41, 5.74) is 1.52. The Bertz CT molecular complexity index is 710. The van der Waals surface area contributed by atoms with Crippen molar-refractivity contribution in [3.8, 4) is 17.2 Å². The molecular formula is C21H30O4Si. The highest BCUT2D eigenvalue weighted by Gasteiger charge is 2.38. The molecule has 0 aliphatic heterocycles. The van der Waals surface area contributed by atoms with E-state index >= 15 is 0 Å². The zero-order valence-corrected chi connectivity index (χ0v) is 17.8. The Morgan fingerprint density at radius 3 is 1.73 bits per heavy atom. The first-order chi connectivity index (χ1) is 12.1. The molecule has 0 radical (unpaired) electrons. The number of methoxy groups -OCH3 is 2. The van der Waals surface area contributed by atoms with Crippen molar-refractivity contribution in [2.24, 2.45) is 0 Å². The van der Waals surface area contributed by atoms with E-state index < -0.39 is 14.4 Å². The zero-order valence-electron chi connectivity index (χ0n) is 16.8. The summed E-state index contributed by atoms with van der Waals surface area (Å²) in [5.74, 6) is 2.14. The second kappa shape index (κ2) is 7.72. The summed E-state index contributed by atoms with van der Waals surface area (Å²) in [4.78, 5) is 0. The van der Waals surface area contributed by atoms with E-state index in [2.05, 4.69) is 33.9 Å². The van der Waals surface area contributed by atoms with Crippen LogP contribution in [0.25, 0.3) is 0 Å². The van der Waals surface area contributed by atoms with Crippen LogP contribution in [0.15, 0.2) is 42.5 Å². The summed E-state index contributed by atoms with van der Waals surface area (Å²) in [5, 5.41) is 10.9. The molecule has 0 saturated carbocycles. The molecule has 0 fully saturated rings. The topological polar surface area (TPSA) is 47.9 Å². The van der Waals surface area contributed by atoms with E-state index in [-0.39, 0.29) is 5.04 Å². The van der Waals surface area contributed by atoms with Gasteiger partial charge in [-0.1, -0.05) is 32.9 Å². The van der Waals surface area contributed by atoms with Gasteiger partial charge < -0.3 is 19.0 Å². The Kier molecular flexibility index (Phi) is 6.04. The molecule has 142 valence electrons. The highest BCUT2D eigenvalue weighted by Crippen LogP contribution is 2.38. The first-order valence-corrected chi connectivity index (χ1v) is 11.7. The van der Waals surface area contributed by atoms with Gasteiger partial charge in [0.1, 0.15) is 23.4 Å². The highest BCUT2D eigenvalue weighted by molar-refractivity contribution is 6.74. The summed E-state index contributed by atoms with van der Waals surface area (Å²) < 4.78 is 16.9. The van der Waals surface area contributed by atoms with Crippen LogP contribution in [0.3, 0.4) is 0 Å². The van der Waals surface area contributed by atoms with Crippen molar-refractivity contribution in [3.63, 3.8) is 0 Å². The summed E-state index contributed by atoms with van der Waals surface area (Å²) in [7, 11) is 1.32. The second-order valence-electron chi connectivity index (χ2n) is 7.98. The lowest BCUT2D eigenvalue weighted by Gasteiger charge is -2.36. The molecule has 0 saturated heterocycles. The van der Waals surface area contributed by atoms with Crippen molar-refractivity contribution in [2.75, 3.05) is 14.2 Å². The second-order valence-corrected chi connectivity index (χ2v) is 12.7. The maximum Gasteiger partial charge on any atom is 0.250 e.